The number of halogens is 3. The maximum atomic E-state index is 13.2. The van der Waals surface area contributed by atoms with E-state index in [9.17, 15) is 22.8 Å². The van der Waals surface area contributed by atoms with Gasteiger partial charge in [0.05, 0.1) is 6.54 Å². The van der Waals surface area contributed by atoms with Gasteiger partial charge in [-0.2, -0.15) is 13.2 Å². The highest BCUT2D eigenvalue weighted by Crippen LogP contribution is 2.32. The number of alkyl halides is 3. The lowest BCUT2D eigenvalue weighted by Gasteiger charge is -2.24. The van der Waals surface area contributed by atoms with E-state index < -0.39 is 17.8 Å². The highest BCUT2D eigenvalue weighted by molar-refractivity contribution is 5.93. The van der Waals surface area contributed by atoms with Crippen LogP contribution < -0.4 is 5.73 Å². The first-order valence-electron chi connectivity index (χ1n) is 11.1. The first kappa shape index (κ1) is 25.7. The molecule has 1 atom stereocenters. The minimum atomic E-state index is -4.55. The lowest BCUT2D eigenvalue weighted by atomic mass is 10.0. The molecule has 0 radical (unpaired) electrons. The Bertz CT molecular complexity index is 1270. The molecule has 1 aromatic carbocycles. The molecule has 2 N–H and O–H groups in total. The highest BCUT2D eigenvalue weighted by Gasteiger charge is 2.35. The zero-order chi connectivity index (χ0) is 25.6. The van der Waals surface area contributed by atoms with Crippen molar-refractivity contribution in [2.24, 2.45) is 11.7 Å². The van der Waals surface area contributed by atoms with Gasteiger partial charge in [0.1, 0.15) is 12.0 Å². The zero-order valence-electron chi connectivity index (χ0n) is 19.5. The fourth-order valence-electron chi connectivity index (χ4n) is 3.76. The SMILES string of the molecule is CCC(CCn1ccc2c(C(F)(F)F)ncnc21)CN(CC#Cc1cccc(C(N)=O)c1)C(C)=O. The summed E-state index contributed by atoms with van der Waals surface area (Å²) in [5.41, 5.74) is 5.55. The second kappa shape index (κ2) is 11.0. The summed E-state index contributed by atoms with van der Waals surface area (Å²) < 4.78 is 41.3. The van der Waals surface area contributed by atoms with E-state index >= 15 is 0 Å². The molecule has 0 aliphatic carbocycles. The number of hydrogen-bond acceptors (Lipinski definition) is 4. The first-order chi connectivity index (χ1) is 16.6. The zero-order valence-corrected chi connectivity index (χ0v) is 19.5. The summed E-state index contributed by atoms with van der Waals surface area (Å²) in [6.07, 6.45) is -0.628. The van der Waals surface area contributed by atoms with E-state index in [4.69, 9.17) is 5.73 Å². The minimum absolute atomic E-state index is 0.0332. The number of carbonyl (C=O) groups excluding carboxylic acids is 2. The Labute approximate surface area is 201 Å². The van der Waals surface area contributed by atoms with Crippen molar-refractivity contribution in [2.75, 3.05) is 13.1 Å². The molecule has 0 bridgehead atoms. The van der Waals surface area contributed by atoms with Gasteiger partial charge in [0.25, 0.3) is 0 Å². The number of aromatic nitrogens is 3. The van der Waals surface area contributed by atoms with Gasteiger partial charge in [-0.15, -0.1) is 0 Å². The summed E-state index contributed by atoms with van der Waals surface area (Å²) in [7, 11) is 0. The van der Waals surface area contributed by atoms with Crippen LogP contribution in [0.2, 0.25) is 0 Å². The molecule has 0 spiro atoms. The van der Waals surface area contributed by atoms with Crippen LogP contribution in [0.25, 0.3) is 11.0 Å². The van der Waals surface area contributed by atoms with Crippen LogP contribution in [0.1, 0.15) is 48.3 Å². The number of amides is 2. The molecule has 35 heavy (non-hydrogen) atoms. The molecule has 0 fully saturated rings. The number of nitrogens with two attached hydrogens (primary N) is 1. The van der Waals surface area contributed by atoms with Gasteiger partial charge < -0.3 is 15.2 Å². The van der Waals surface area contributed by atoms with E-state index in [1.807, 2.05) is 6.92 Å². The fourth-order valence-corrected chi connectivity index (χ4v) is 3.76. The Morgan fingerprint density at radius 1 is 1.23 bits per heavy atom. The monoisotopic (exact) mass is 485 g/mol. The second-order valence-electron chi connectivity index (χ2n) is 8.18. The van der Waals surface area contributed by atoms with Crippen molar-refractivity contribution >= 4 is 22.8 Å². The quantitative estimate of drug-likeness (QED) is 0.490. The van der Waals surface area contributed by atoms with E-state index in [0.717, 1.165) is 12.7 Å². The first-order valence-corrected chi connectivity index (χ1v) is 11.1. The number of rotatable bonds is 8. The summed E-state index contributed by atoms with van der Waals surface area (Å²) in [4.78, 5) is 32.6. The third kappa shape index (κ3) is 6.59. The Hall–Kier alpha value is -3.87. The third-order valence-electron chi connectivity index (χ3n) is 5.75. The number of nitrogens with zero attached hydrogens (tertiary/aromatic N) is 4. The normalized spacial score (nSPS) is 12.1. The van der Waals surface area contributed by atoms with Crippen LogP contribution >= 0.6 is 0 Å². The number of hydrogen-bond donors (Lipinski definition) is 1. The molecule has 3 aromatic rings. The van der Waals surface area contributed by atoms with Gasteiger partial charge in [0, 0.05) is 42.7 Å². The average molecular weight is 486 g/mol. The van der Waals surface area contributed by atoms with Gasteiger partial charge in [0.15, 0.2) is 5.69 Å². The van der Waals surface area contributed by atoms with E-state index in [0.29, 0.717) is 30.6 Å². The summed E-state index contributed by atoms with van der Waals surface area (Å²) in [6.45, 7) is 4.59. The molecule has 7 nitrogen and oxygen atoms in total. The number of benzene rings is 1. The number of aryl methyl sites for hydroxylation is 1. The van der Waals surface area contributed by atoms with Gasteiger partial charge >= 0.3 is 6.18 Å². The van der Waals surface area contributed by atoms with Crippen molar-refractivity contribution < 1.29 is 22.8 Å². The van der Waals surface area contributed by atoms with Gasteiger partial charge in [-0.25, -0.2) is 9.97 Å². The van der Waals surface area contributed by atoms with Crippen molar-refractivity contribution in [3.05, 3.63) is 59.7 Å². The molecule has 2 heterocycles. The molecular weight excluding hydrogens is 459 g/mol. The lowest BCUT2D eigenvalue weighted by molar-refractivity contribution is -0.139. The fraction of sp³-hybridized carbons (Fsp3) is 0.360. The minimum Gasteiger partial charge on any atom is -0.366 e. The van der Waals surface area contributed by atoms with Crippen LogP contribution in [0.4, 0.5) is 13.2 Å². The highest BCUT2D eigenvalue weighted by atomic mass is 19.4. The predicted molar refractivity (Wildman–Crippen MR) is 125 cm³/mol. The maximum Gasteiger partial charge on any atom is 0.434 e. The van der Waals surface area contributed by atoms with Crippen LogP contribution in [0.3, 0.4) is 0 Å². The Morgan fingerprint density at radius 2 is 2.00 bits per heavy atom. The number of primary amides is 1. The second-order valence-corrected chi connectivity index (χ2v) is 8.18. The summed E-state index contributed by atoms with van der Waals surface area (Å²) in [5.74, 6) is 5.36. The van der Waals surface area contributed by atoms with Crippen LogP contribution in [0.15, 0.2) is 42.9 Å². The lowest BCUT2D eigenvalue weighted by Crippen LogP contribution is -2.34. The van der Waals surface area contributed by atoms with E-state index in [1.54, 1.807) is 39.9 Å². The molecule has 2 aromatic heterocycles. The molecular formula is C25H26F3N5O2. The van der Waals surface area contributed by atoms with Gasteiger partial charge in [-0.3, -0.25) is 9.59 Å². The largest absolute Gasteiger partial charge is 0.434 e. The predicted octanol–water partition coefficient (Wildman–Crippen LogP) is 3.87. The van der Waals surface area contributed by atoms with Crippen molar-refractivity contribution in [3.8, 4) is 11.8 Å². The topological polar surface area (TPSA) is 94.1 Å². The van der Waals surface area contributed by atoms with Crippen LogP contribution in [-0.2, 0) is 17.5 Å². The Morgan fingerprint density at radius 3 is 2.66 bits per heavy atom. The molecule has 10 heteroatoms. The Kier molecular flexibility index (Phi) is 8.12. The van der Waals surface area contributed by atoms with Gasteiger partial charge in [0.2, 0.25) is 11.8 Å². The van der Waals surface area contributed by atoms with Crippen molar-refractivity contribution in [1.82, 2.24) is 19.4 Å². The Balaban J connectivity index is 1.66. The molecule has 0 saturated heterocycles. The standard InChI is InChI=1S/C25H26F3N5O2/c1-3-18(9-12-32-13-10-21-22(25(26,27)28)30-16-31-24(21)32)15-33(17(2)34)11-5-7-19-6-4-8-20(14-19)23(29)35/h4,6,8,10,13-14,16,18H,3,9,11-12,15H2,1-2H3,(H2,29,35). The maximum absolute atomic E-state index is 13.2. The molecule has 0 aliphatic rings. The molecule has 0 saturated carbocycles. The number of fused-ring (bicyclic) bond motifs is 1. The molecule has 0 aliphatic heterocycles. The molecule has 184 valence electrons. The van der Waals surface area contributed by atoms with Crippen molar-refractivity contribution in [2.45, 2.75) is 39.4 Å². The van der Waals surface area contributed by atoms with Crippen LogP contribution in [0, 0.1) is 17.8 Å². The van der Waals surface area contributed by atoms with E-state index in [2.05, 4.69) is 21.8 Å². The van der Waals surface area contributed by atoms with Crippen LogP contribution in [0.5, 0.6) is 0 Å². The molecule has 1 unspecified atom stereocenters. The van der Waals surface area contributed by atoms with Crippen molar-refractivity contribution in [1.29, 1.82) is 0 Å². The van der Waals surface area contributed by atoms with Crippen molar-refractivity contribution in [3.63, 3.8) is 0 Å². The third-order valence-corrected chi connectivity index (χ3v) is 5.75. The van der Waals surface area contributed by atoms with E-state index in [1.165, 1.54) is 13.0 Å². The summed E-state index contributed by atoms with van der Waals surface area (Å²) in [6, 6.07) is 8.02. The smallest absolute Gasteiger partial charge is 0.366 e. The summed E-state index contributed by atoms with van der Waals surface area (Å²) >= 11 is 0. The summed E-state index contributed by atoms with van der Waals surface area (Å²) in [5, 5.41) is -0.0332. The number of carbonyl (C=O) groups is 2. The molecule has 2 amide bonds. The van der Waals surface area contributed by atoms with Gasteiger partial charge in [-0.05, 0) is 36.6 Å². The average Bonchev–Trinajstić information content (AvgIpc) is 3.23. The van der Waals surface area contributed by atoms with E-state index in [-0.39, 0.29) is 29.4 Å². The van der Waals surface area contributed by atoms with Gasteiger partial charge in [-0.1, -0.05) is 31.3 Å². The molecule has 3 rings (SSSR count). The van der Waals surface area contributed by atoms with Crippen LogP contribution in [-0.4, -0.2) is 44.3 Å².